The van der Waals surface area contributed by atoms with Crippen molar-refractivity contribution < 1.29 is 9.47 Å². The van der Waals surface area contributed by atoms with Crippen molar-refractivity contribution in [2.45, 2.75) is 25.0 Å². The molecule has 0 aromatic carbocycles. The van der Waals surface area contributed by atoms with Gasteiger partial charge in [-0.2, -0.15) is 0 Å². The van der Waals surface area contributed by atoms with Crippen molar-refractivity contribution in [1.82, 2.24) is 0 Å². The molecule has 2 aliphatic rings. The predicted molar refractivity (Wildman–Crippen MR) is 28.7 cm³/mol. The lowest BCUT2D eigenvalue weighted by atomic mass is 10.2. The van der Waals surface area contributed by atoms with Crippen LogP contribution < -0.4 is 0 Å². The maximum atomic E-state index is 5.35. The van der Waals surface area contributed by atoms with E-state index in [1.54, 1.807) is 0 Å². The van der Waals surface area contributed by atoms with Crippen molar-refractivity contribution in [3.63, 3.8) is 0 Å². The molecule has 2 saturated heterocycles. The van der Waals surface area contributed by atoms with Crippen LogP contribution in [-0.2, 0) is 9.47 Å². The van der Waals surface area contributed by atoms with Gasteiger partial charge in [0.25, 0.3) is 0 Å². The van der Waals surface area contributed by atoms with Gasteiger partial charge in [-0.1, -0.05) is 0 Å². The Balaban J connectivity index is 2.04. The Bertz CT molecular complexity index is 72.5. The first-order valence-corrected chi connectivity index (χ1v) is 3.20. The molecule has 0 unspecified atom stereocenters. The minimum absolute atomic E-state index is 0.454. The standard InChI is InChI=1S/C6H10O2/c1-3-7-6-2-4-8-5(1)6/h5-6H,1-4H2/t5-,6-/m0/s1. The first-order valence-electron chi connectivity index (χ1n) is 3.20. The Morgan fingerprint density at radius 2 is 1.38 bits per heavy atom. The van der Waals surface area contributed by atoms with Crippen molar-refractivity contribution in [2.24, 2.45) is 0 Å². The average molecular weight is 114 g/mol. The molecule has 2 fully saturated rings. The normalized spacial score (nSPS) is 45.0. The third-order valence-electron chi connectivity index (χ3n) is 1.88. The summed E-state index contributed by atoms with van der Waals surface area (Å²) in [6, 6.07) is 0. The van der Waals surface area contributed by atoms with Crippen LogP contribution in [0.15, 0.2) is 0 Å². The van der Waals surface area contributed by atoms with Gasteiger partial charge in [-0.3, -0.25) is 0 Å². The molecule has 0 aromatic heterocycles. The minimum atomic E-state index is 0.454. The van der Waals surface area contributed by atoms with Gasteiger partial charge < -0.3 is 9.47 Å². The van der Waals surface area contributed by atoms with Crippen molar-refractivity contribution in [1.29, 1.82) is 0 Å². The van der Waals surface area contributed by atoms with Gasteiger partial charge in [0.05, 0.1) is 12.2 Å². The van der Waals surface area contributed by atoms with Gasteiger partial charge in [-0.25, -0.2) is 0 Å². The fraction of sp³-hybridized carbons (Fsp3) is 1.00. The molecule has 2 heteroatoms. The SMILES string of the molecule is C1C[C@@H]2OCC[C@@H]2O1. The highest BCUT2D eigenvalue weighted by Crippen LogP contribution is 2.25. The third-order valence-corrected chi connectivity index (χ3v) is 1.88. The monoisotopic (exact) mass is 114 g/mol. The van der Waals surface area contributed by atoms with Crippen LogP contribution in [0.2, 0.25) is 0 Å². The molecule has 2 nitrogen and oxygen atoms in total. The van der Waals surface area contributed by atoms with Crippen molar-refractivity contribution >= 4 is 0 Å². The fourth-order valence-electron chi connectivity index (χ4n) is 1.42. The van der Waals surface area contributed by atoms with E-state index in [1.807, 2.05) is 0 Å². The second-order valence-electron chi connectivity index (χ2n) is 2.40. The summed E-state index contributed by atoms with van der Waals surface area (Å²) in [5, 5.41) is 0. The quantitative estimate of drug-likeness (QED) is 0.458. The zero-order valence-electron chi connectivity index (χ0n) is 4.80. The highest BCUT2D eigenvalue weighted by atomic mass is 16.6. The molecule has 0 aliphatic carbocycles. The highest BCUT2D eigenvalue weighted by Gasteiger charge is 2.33. The molecule has 46 valence electrons. The van der Waals surface area contributed by atoms with Crippen molar-refractivity contribution in [2.75, 3.05) is 13.2 Å². The zero-order chi connectivity index (χ0) is 5.40. The summed E-state index contributed by atoms with van der Waals surface area (Å²) < 4.78 is 10.7. The second-order valence-corrected chi connectivity index (χ2v) is 2.40. The van der Waals surface area contributed by atoms with Crippen LogP contribution in [0, 0.1) is 0 Å². The van der Waals surface area contributed by atoms with Gasteiger partial charge in [0.1, 0.15) is 0 Å². The third kappa shape index (κ3) is 0.565. The highest BCUT2D eigenvalue weighted by molar-refractivity contribution is 4.81. The zero-order valence-corrected chi connectivity index (χ0v) is 4.80. The van der Waals surface area contributed by atoms with Crippen LogP contribution in [0.5, 0.6) is 0 Å². The molecule has 2 rings (SSSR count). The van der Waals surface area contributed by atoms with E-state index in [1.165, 1.54) is 0 Å². The fourth-order valence-corrected chi connectivity index (χ4v) is 1.42. The Morgan fingerprint density at radius 1 is 0.875 bits per heavy atom. The summed E-state index contributed by atoms with van der Waals surface area (Å²) in [5.41, 5.74) is 0. The van der Waals surface area contributed by atoms with Gasteiger partial charge in [-0.15, -0.1) is 0 Å². The number of hydrogen-bond acceptors (Lipinski definition) is 2. The summed E-state index contributed by atoms with van der Waals surface area (Å²) in [6.07, 6.45) is 3.14. The lowest BCUT2D eigenvalue weighted by Crippen LogP contribution is -2.13. The number of rotatable bonds is 0. The van der Waals surface area contributed by atoms with E-state index in [0.29, 0.717) is 12.2 Å². The van der Waals surface area contributed by atoms with E-state index in [4.69, 9.17) is 9.47 Å². The van der Waals surface area contributed by atoms with E-state index >= 15 is 0 Å². The van der Waals surface area contributed by atoms with Gasteiger partial charge in [-0.05, 0) is 12.8 Å². The Hall–Kier alpha value is -0.0800. The smallest absolute Gasteiger partial charge is 0.0859 e. The molecule has 2 heterocycles. The van der Waals surface area contributed by atoms with Crippen LogP contribution in [0.1, 0.15) is 12.8 Å². The molecule has 0 spiro atoms. The van der Waals surface area contributed by atoms with Crippen LogP contribution >= 0.6 is 0 Å². The molecule has 0 saturated carbocycles. The largest absolute Gasteiger partial charge is 0.375 e. The maximum absolute atomic E-state index is 5.35. The number of fused-ring (bicyclic) bond motifs is 1. The van der Waals surface area contributed by atoms with E-state index < -0.39 is 0 Å². The van der Waals surface area contributed by atoms with Crippen LogP contribution in [0.25, 0.3) is 0 Å². The second kappa shape index (κ2) is 1.71. The first-order chi connectivity index (χ1) is 3.97. The van der Waals surface area contributed by atoms with Crippen LogP contribution in [0.4, 0.5) is 0 Å². The molecular formula is C6H10O2. The summed E-state index contributed by atoms with van der Waals surface area (Å²) in [7, 11) is 0. The van der Waals surface area contributed by atoms with E-state index in [9.17, 15) is 0 Å². The Labute approximate surface area is 48.8 Å². The predicted octanol–water partition coefficient (Wildman–Crippen LogP) is 0.564. The maximum Gasteiger partial charge on any atom is 0.0859 e. The van der Waals surface area contributed by atoms with Crippen LogP contribution in [0.3, 0.4) is 0 Å². The van der Waals surface area contributed by atoms with Gasteiger partial charge >= 0.3 is 0 Å². The number of hydrogen-bond donors (Lipinski definition) is 0. The number of ether oxygens (including phenoxy) is 2. The summed E-state index contributed by atoms with van der Waals surface area (Å²) >= 11 is 0. The molecule has 0 amide bonds. The molecule has 0 bridgehead atoms. The molecule has 0 aromatic rings. The lowest BCUT2D eigenvalue weighted by Gasteiger charge is -2.03. The van der Waals surface area contributed by atoms with E-state index in [0.717, 1.165) is 26.1 Å². The summed E-state index contributed by atoms with van der Waals surface area (Å²) in [6.45, 7) is 1.82. The molecule has 2 aliphatic heterocycles. The van der Waals surface area contributed by atoms with E-state index in [2.05, 4.69) is 0 Å². The summed E-state index contributed by atoms with van der Waals surface area (Å²) in [4.78, 5) is 0. The van der Waals surface area contributed by atoms with Crippen molar-refractivity contribution in [3.05, 3.63) is 0 Å². The van der Waals surface area contributed by atoms with Gasteiger partial charge in [0.2, 0.25) is 0 Å². The van der Waals surface area contributed by atoms with Gasteiger partial charge in [0.15, 0.2) is 0 Å². The molecular weight excluding hydrogens is 104 g/mol. The minimum Gasteiger partial charge on any atom is -0.375 e. The Morgan fingerprint density at radius 3 is 1.88 bits per heavy atom. The lowest BCUT2D eigenvalue weighted by molar-refractivity contribution is 0.0732. The molecule has 0 N–H and O–H groups in total. The molecule has 8 heavy (non-hydrogen) atoms. The van der Waals surface area contributed by atoms with Crippen LogP contribution in [-0.4, -0.2) is 25.4 Å². The van der Waals surface area contributed by atoms with E-state index in [-0.39, 0.29) is 0 Å². The van der Waals surface area contributed by atoms with Crippen molar-refractivity contribution in [3.8, 4) is 0 Å². The molecule has 2 atom stereocenters. The average Bonchev–Trinajstić information content (AvgIpc) is 2.15. The van der Waals surface area contributed by atoms with Gasteiger partial charge in [0, 0.05) is 13.2 Å². The Kier molecular flexibility index (Phi) is 1.02. The topological polar surface area (TPSA) is 18.5 Å². The first kappa shape index (κ1) is 4.77. The summed E-state index contributed by atoms with van der Waals surface area (Å²) in [5.74, 6) is 0. The molecule has 0 radical (unpaired) electrons.